The molecule has 0 bridgehead atoms. The SMILES string of the molecule is N#Cc1ccc(NS(=O)(=O)c2ccc(F)c(F)c2F)cc1. The van der Waals surface area contributed by atoms with E-state index in [-0.39, 0.29) is 5.69 Å². The van der Waals surface area contributed by atoms with Crippen molar-refractivity contribution >= 4 is 15.7 Å². The van der Waals surface area contributed by atoms with Gasteiger partial charge in [0.15, 0.2) is 17.5 Å². The molecule has 1 N–H and O–H groups in total. The van der Waals surface area contributed by atoms with E-state index in [1.54, 1.807) is 0 Å². The molecule has 0 spiro atoms. The van der Waals surface area contributed by atoms with Crippen LogP contribution in [-0.4, -0.2) is 8.42 Å². The van der Waals surface area contributed by atoms with Crippen molar-refractivity contribution in [2.45, 2.75) is 4.90 Å². The van der Waals surface area contributed by atoms with E-state index in [9.17, 15) is 21.6 Å². The molecule has 0 amide bonds. The molecule has 0 aliphatic rings. The Morgan fingerprint density at radius 1 is 0.952 bits per heavy atom. The summed E-state index contributed by atoms with van der Waals surface area (Å²) in [6, 6.07) is 8.25. The van der Waals surface area contributed by atoms with Crippen LogP contribution >= 0.6 is 0 Å². The van der Waals surface area contributed by atoms with Crippen molar-refractivity contribution in [1.82, 2.24) is 0 Å². The van der Waals surface area contributed by atoms with Gasteiger partial charge in [-0.3, -0.25) is 4.72 Å². The smallest absolute Gasteiger partial charge is 0.264 e. The molecule has 0 saturated carbocycles. The Labute approximate surface area is 118 Å². The van der Waals surface area contributed by atoms with Crippen LogP contribution in [-0.2, 0) is 10.0 Å². The number of halogens is 3. The molecule has 108 valence electrons. The average Bonchev–Trinajstić information content (AvgIpc) is 2.45. The molecule has 0 aliphatic heterocycles. The Bertz CT molecular complexity index is 828. The summed E-state index contributed by atoms with van der Waals surface area (Å²) in [6.45, 7) is 0. The average molecular weight is 312 g/mol. The summed E-state index contributed by atoms with van der Waals surface area (Å²) in [5.41, 5.74) is 0.357. The number of nitrogens with zero attached hydrogens (tertiary/aromatic N) is 1. The molecule has 0 heterocycles. The van der Waals surface area contributed by atoms with Crippen LogP contribution in [0.4, 0.5) is 18.9 Å². The third-order valence-electron chi connectivity index (χ3n) is 2.56. The van der Waals surface area contributed by atoms with Crippen LogP contribution in [0.1, 0.15) is 5.56 Å². The van der Waals surface area contributed by atoms with Gasteiger partial charge in [0.2, 0.25) is 0 Å². The topological polar surface area (TPSA) is 70.0 Å². The molecule has 8 heteroatoms. The van der Waals surface area contributed by atoms with Crippen LogP contribution < -0.4 is 4.72 Å². The molecular formula is C13H7F3N2O2S. The van der Waals surface area contributed by atoms with Gasteiger partial charge in [-0.1, -0.05) is 0 Å². The summed E-state index contributed by atoms with van der Waals surface area (Å²) in [4.78, 5) is -1.01. The third-order valence-corrected chi connectivity index (χ3v) is 3.95. The first kappa shape index (κ1) is 14.9. The molecule has 0 aromatic heterocycles. The normalized spacial score (nSPS) is 11.0. The van der Waals surface area contributed by atoms with Crippen molar-refractivity contribution in [3.05, 3.63) is 59.4 Å². The second-order valence-corrected chi connectivity index (χ2v) is 5.62. The van der Waals surface area contributed by atoms with Gasteiger partial charge in [0.1, 0.15) is 4.90 Å². The lowest BCUT2D eigenvalue weighted by Gasteiger charge is -2.09. The zero-order chi connectivity index (χ0) is 15.6. The monoisotopic (exact) mass is 312 g/mol. The number of hydrogen-bond acceptors (Lipinski definition) is 3. The van der Waals surface area contributed by atoms with E-state index >= 15 is 0 Å². The van der Waals surface area contributed by atoms with E-state index in [0.29, 0.717) is 17.7 Å². The summed E-state index contributed by atoms with van der Waals surface area (Å²) in [5.74, 6) is -5.14. The molecule has 4 nitrogen and oxygen atoms in total. The van der Waals surface area contributed by atoms with Gasteiger partial charge in [0.25, 0.3) is 10.0 Å². The Kier molecular flexibility index (Phi) is 3.86. The second kappa shape index (κ2) is 5.46. The molecular weight excluding hydrogens is 305 g/mol. The van der Waals surface area contributed by atoms with Gasteiger partial charge in [-0.15, -0.1) is 0 Å². The van der Waals surface area contributed by atoms with Crippen LogP contribution in [0.25, 0.3) is 0 Å². The Morgan fingerprint density at radius 3 is 2.14 bits per heavy atom. The lowest BCUT2D eigenvalue weighted by molar-refractivity contribution is 0.432. The van der Waals surface area contributed by atoms with Crippen molar-refractivity contribution < 1.29 is 21.6 Å². The molecule has 0 unspecified atom stereocenters. The molecule has 2 aromatic rings. The van der Waals surface area contributed by atoms with Crippen molar-refractivity contribution in [3.63, 3.8) is 0 Å². The van der Waals surface area contributed by atoms with Crippen LogP contribution in [0, 0.1) is 28.8 Å². The molecule has 21 heavy (non-hydrogen) atoms. The van der Waals surface area contributed by atoms with Crippen LogP contribution in [0.2, 0.25) is 0 Å². The summed E-state index contributed by atoms with van der Waals surface area (Å²) < 4.78 is 65.3. The predicted molar refractivity (Wildman–Crippen MR) is 68.3 cm³/mol. The van der Waals surface area contributed by atoms with Crippen LogP contribution in [0.15, 0.2) is 41.3 Å². The van der Waals surface area contributed by atoms with Crippen LogP contribution in [0.3, 0.4) is 0 Å². The van der Waals surface area contributed by atoms with Gasteiger partial charge in [-0.25, -0.2) is 21.6 Å². The first-order valence-corrected chi connectivity index (χ1v) is 7.00. The van der Waals surface area contributed by atoms with E-state index in [0.717, 1.165) is 0 Å². The van der Waals surface area contributed by atoms with Gasteiger partial charge >= 0.3 is 0 Å². The largest absolute Gasteiger partial charge is 0.280 e. The van der Waals surface area contributed by atoms with E-state index in [4.69, 9.17) is 5.26 Å². The third kappa shape index (κ3) is 2.98. The Morgan fingerprint density at radius 2 is 1.57 bits per heavy atom. The highest BCUT2D eigenvalue weighted by Gasteiger charge is 2.24. The van der Waals surface area contributed by atoms with E-state index in [1.807, 2.05) is 10.8 Å². The summed E-state index contributed by atoms with van der Waals surface area (Å²) in [6.07, 6.45) is 0. The molecule has 0 aliphatic carbocycles. The lowest BCUT2D eigenvalue weighted by atomic mass is 10.2. The first-order valence-electron chi connectivity index (χ1n) is 5.51. The summed E-state index contributed by atoms with van der Waals surface area (Å²) in [5, 5.41) is 8.62. The van der Waals surface area contributed by atoms with Crippen molar-refractivity contribution in [2.24, 2.45) is 0 Å². The molecule has 0 saturated heterocycles. The number of anilines is 1. The highest BCUT2D eigenvalue weighted by molar-refractivity contribution is 7.92. The van der Waals surface area contributed by atoms with Gasteiger partial charge in [-0.05, 0) is 36.4 Å². The number of nitrogens with one attached hydrogen (secondary N) is 1. The highest BCUT2D eigenvalue weighted by atomic mass is 32.2. The van der Waals surface area contributed by atoms with E-state index < -0.39 is 32.4 Å². The predicted octanol–water partition coefficient (Wildman–Crippen LogP) is 2.78. The quantitative estimate of drug-likeness (QED) is 0.886. The second-order valence-electron chi connectivity index (χ2n) is 3.97. The summed E-state index contributed by atoms with van der Waals surface area (Å²) >= 11 is 0. The fraction of sp³-hybridized carbons (Fsp3) is 0. The number of nitriles is 1. The van der Waals surface area contributed by atoms with E-state index in [1.165, 1.54) is 24.3 Å². The number of rotatable bonds is 3. The van der Waals surface area contributed by atoms with Crippen LogP contribution in [0.5, 0.6) is 0 Å². The maximum atomic E-state index is 13.5. The van der Waals surface area contributed by atoms with Crippen molar-refractivity contribution in [1.29, 1.82) is 5.26 Å². The molecule has 2 aromatic carbocycles. The van der Waals surface area contributed by atoms with Gasteiger partial charge in [-0.2, -0.15) is 5.26 Å². The van der Waals surface area contributed by atoms with Gasteiger partial charge in [0, 0.05) is 5.69 Å². The Hall–Kier alpha value is -2.53. The number of benzene rings is 2. The first-order chi connectivity index (χ1) is 9.85. The minimum absolute atomic E-state index is 0.0538. The maximum Gasteiger partial charge on any atom is 0.264 e. The van der Waals surface area contributed by atoms with Gasteiger partial charge in [0.05, 0.1) is 11.6 Å². The van der Waals surface area contributed by atoms with Crippen molar-refractivity contribution in [2.75, 3.05) is 4.72 Å². The summed E-state index contributed by atoms with van der Waals surface area (Å²) in [7, 11) is -4.42. The van der Waals surface area contributed by atoms with Crippen molar-refractivity contribution in [3.8, 4) is 6.07 Å². The minimum Gasteiger partial charge on any atom is -0.280 e. The zero-order valence-electron chi connectivity index (χ0n) is 10.3. The fourth-order valence-corrected chi connectivity index (χ4v) is 2.67. The Balaban J connectivity index is 2.39. The molecule has 0 atom stereocenters. The maximum absolute atomic E-state index is 13.5. The van der Waals surface area contributed by atoms with E-state index in [2.05, 4.69) is 0 Å². The highest BCUT2D eigenvalue weighted by Crippen LogP contribution is 2.22. The molecule has 2 rings (SSSR count). The molecule has 0 fully saturated rings. The lowest BCUT2D eigenvalue weighted by Crippen LogP contribution is -2.15. The number of sulfonamides is 1. The zero-order valence-corrected chi connectivity index (χ0v) is 11.1. The molecule has 0 radical (unpaired) electrons. The standard InChI is InChI=1S/C13H7F3N2O2S/c14-10-5-6-11(13(16)12(10)15)21(19,20)18-9-3-1-8(7-17)2-4-9/h1-6,18H. The minimum atomic E-state index is -4.42. The van der Waals surface area contributed by atoms with Gasteiger partial charge < -0.3 is 0 Å². The fourth-order valence-electron chi connectivity index (χ4n) is 1.54. The number of hydrogen-bond donors (Lipinski definition) is 1.